The molecular weight excluding hydrogens is 265 g/mol. The molecule has 0 saturated heterocycles. The maximum atomic E-state index is 11.1. The van der Waals surface area contributed by atoms with Crippen LogP contribution in [0.15, 0.2) is 6.20 Å². The molecule has 2 heterocycles. The minimum Gasteiger partial charge on any atom is -0.478 e. The summed E-state index contributed by atoms with van der Waals surface area (Å²) in [6, 6.07) is 0.0487. The molecule has 2 aromatic heterocycles. The largest absolute Gasteiger partial charge is 0.478 e. The molecule has 0 atom stereocenters. The Labute approximate surface area is 107 Å². The molecule has 0 spiro atoms. The fourth-order valence-electron chi connectivity index (χ4n) is 1.64. The summed E-state index contributed by atoms with van der Waals surface area (Å²) in [7, 11) is 0. The van der Waals surface area contributed by atoms with Crippen molar-refractivity contribution in [2.75, 3.05) is 0 Å². The second kappa shape index (κ2) is 4.16. The molecule has 0 unspecified atom stereocenters. The molecule has 2 aromatic rings. The van der Waals surface area contributed by atoms with Crippen LogP contribution in [0.1, 0.15) is 30.2 Å². The number of rotatable bonds is 2. The molecule has 0 aliphatic carbocycles. The van der Waals surface area contributed by atoms with Crippen LogP contribution in [0.4, 0.5) is 0 Å². The highest BCUT2D eigenvalue weighted by atomic mass is 35.5. The van der Waals surface area contributed by atoms with E-state index in [-0.39, 0.29) is 22.0 Å². The fourth-order valence-corrected chi connectivity index (χ4v) is 2.11. The number of carboxylic acid groups (broad SMARTS) is 1. The number of hydrogen-bond donors (Lipinski definition) is 1. The van der Waals surface area contributed by atoms with E-state index in [2.05, 4.69) is 9.97 Å². The molecule has 1 N–H and O–H groups in total. The van der Waals surface area contributed by atoms with Gasteiger partial charge in [-0.25, -0.2) is 9.78 Å². The average molecular weight is 274 g/mol. The third-order valence-electron chi connectivity index (χ3n) is 2.39. The zero-order valence-corrected chi connectivity index (χ0v) is 10.6. The molecule has 0 aliphatic heterocycles. The second-order valence-electron chi connectivity index (χ2n) is 3.83. The zero-order chi connectivity index (χ0) is 12.7. The lowest BCUT2D eigenvalue weighted by Crippen LogP contribution is -2.00. The summed E-state index contributed by atoms with van der Waals surface area (Å²) in [5.41, 5.74) is 0.512. The normalized spacial score (nSPS) is 11.4. The molecule has 90 valence electrons. The van der Waals surface area contributed by atoms with Crippen molar-refractivity contribution in [2.24, 2.45) is 0 Å². The maximum absolute atomic E-state index is 11.1. The van der Waals surface area contributed by atoms with Gasteiger partial charge in [-0.05, 0) is 25.4 Å². The standard InChI is InChI=1S/C10H9Cl2N3O2/c1-4(2)15-3-5(9(16)17)6-7(11)13-10(12)14-8(6)15/h3-4H,1-2H3,(H,16,17). The molecule has 0 saturated carbocycles. The number of carbonyl (C=O) groups is 1. The first kappa shape index (κ1) is 12.1. The van der Waals surface area contributed by atoms with Gasteiger partial charge in [0.2, 0.25) is 5.28 Å². The second-order valence-corrected chi connectivity index (χ2v) is 4.53. The van der Waals surface area contributed by atoms with E-state index in [4.69, 9.17) is 28.3 Å². The number of fused-ring (bicyclic) bond motifs is 1. The van der Waals surface area contributed by atoms with Gasteiger partial charge < -0.3 is 9.67 Å². The molecule has 0 fully saturated rings. The van der Waals surface area contributed by atoms with Crippen molar-refractivity contribution < 1.29 is 9.90 Å². The Morgan fingerprint density at radius 2 is 2.06 bits per heavy atom. The molecule has 0 aliphatic rings. The predicted octanol–water partition coefficient (Wildman–Crippen LogP) is 3.02. The quantitative estimate of drug-likeness (QED) is 0.675. The van der Waals surface area contributed by atoms with Crippen LogP contribution < -0.4 is 0 Å². The van der Waals surface area contributed by atoms with Crippen LogP contribution in [0.2, 0.25) is 10.4 Å². The van der Waals surface area contributed by atoms with Crippen LogP contribution in [-0.4, -0.2) is 25.6 Å². The van der Waals surface area contributed by atoms with Gasteiger partial charge in [0.05, 0.1) is 10.9 Å². The van der Waals surface area contributed by atoms with Gasteiger partial charge in [0.1, 0.15) is 10.8 Å². The number of aromatic carboxylic acids is 1. The lowest BCUT2D eigenvalue weighted by atomic mass is 10.2. The minimum absolute atomic E-state index is 0.000520. The van der Waals surface area contributed by atoms with E-state index in [0.29, 0.717) is 11.0 Å². The third-order valence-corrected chi connectivity index (χ3v) is 2.83. The number of halogens is 2. The fraction of sp³-hybridized carbons (Fsp3) is 0.300. The van der Waals surface area contributed by atoms with E-state index in [9.17, 15) is 4.79 Å². The summed E-state index contributed by atoms with van der Waals surface area (Å²) < 4.78 is 1.71. The number of nitrogens with zero attached hydrogens (tertiary/aromatic N) is 3. The van der Waals surface area contributed by atoms with Crippen molar-refractivity contribution >= 4 is 40.2 Å². The van der Waals surface area contributed by atoms with E-state index >= 15 is 0 Å². The zero-order valence-electron chi connectivity index (χ0n) is 9.11. The van der Waals surface area contributed by atoms with E-state index in [1.807, 2.05) is 13.8 Å². The summed E-state index contributed by atoms with van der Waals surface area (Å²) in [5, 5.41) is 9.48. The highest BCUT2D eigenvalue weighted by Gasteiger charge is 2.20. The Hall–Kier alpha value is -1.33. The topological polar surface area (TPSA) is 68.0 Å². The number of aromatic nitrogens is 3. The highest BCUT2D eigenvalue weighted by molar-refractivity contribution is 6.36. The van der Waals surface area contributed by atoms with Crippen LogP contribution in [0.25, 0.3) is 11.0 Å². The smallest absolute Gasteiger partial charge is 0.338 e. The molecule has 2 rings (SSSR count). The molecule has 0 radical (unpaired) electrons. The van der Waals surface area contributed by atoms with Gasteiger partial charge in [0, 0.05) is 12.2 Å². The Balaban J connectivity index is 2.91. The van der Waals surface area contributed by atoms with Gasteiger partial charge in [-0.15, -0.1) is 0 Å². The SMILES string of the molecule is CC(C)n1cc(C(=O)O)c2c(Cl)nc(Cl)nc21. The van der Waals surface area contributed by atoms with Crippen LogP contribution in [0, 0.1) is 0 Å². The number of carboxylic acids is 1. The third kappa shape index (κ3) is 1.96. The van der Waals surface area contributed by atoms with Gasteiger partial charge in [-0.3, -0.25) is 0 Å². The van der Waals surface area contributed by atoms with E-state index in [1.165, 1.54) is 6.20 Å². The van der Waals surface area contributed by atoms with Gasteiger partial charge in [0.25, 0.3) is 0 Å². The molecule has 17 heavy (non-hydrogen) atoms. The van der Waals surface area contributed by atoms with Crippen LogP contribution >= 0.6 is 23.2 Å². The highest BCUT2D eigenvalue weighted by Crippen LogP contribution is 2.29. The minimum atomic E-state index is -1.07. The van der Waals surface area contributed by atoms with Crippen LogP contribution in [-0.2, 0) is 0 Å². The monoisotopic (exact) mass is 273 g/mol. The van der Waals surface area contributed by atoms with Gasteiger partial charge in [-0.1, -0.05) is 11.6 Å². The molecule has 0 bridgehead atoms. The Morgan fingerprint density at radius 3 is 2.59 bits per heavy atom. The Morgan fingerprint density at radius 1 is 1.41 bits per heavy atom. The maximum Gasteiger partial charge on any atom is 0.338 e. The Bertz CT molecular complexity index is 607. The summed E-state index contributed by atoms with van der Waals surface area (Å²) >= 11 is 11.6. The average Bonchev–Trinajstić information content (AvgIpc) is 2.56. The summed E-state index contributed by atoms with van der Waals surface area (Å²) in [4.78, 5) is 18.9. The van der Waals surface area contributed by atoms with Crippen LogP contribution in [0.3, 0.4) is 0 Å². The van der Waals surface area contributed by atoms with Gasteiger partial charge >= 0.3 is 5.97 Å². The lowest BCUT2D eigenvalue weighted by Gasteiger charge is -2.07. The van der Waals surface area contributed by atoms with Crippen molar-refractivity contribution in [1.82, 2.24) is 14.5 Å². The Kier molecular flexibility index (Phi) is 2.97. The van der Waals surface area contributed by atoms with E-state index in [0.717, 1.165) is 0 Å². The van der Waals surface area contributed by atoms with Crippen molar-refractivity contribution in [3.05, 3.63) is 22.2 Å². The van der Waals surface area contributed by atoms with Gasteiger partial charge in [-0.2, -0.15) is 4.98 Å². The first-order chi connectivity index (χ1) is 7.91. The van der Waals surface area contributed by atoms with Crippen molar-refractivity contribution in [3.8, 4) is 0 Å². The molecule has 7 heteroatoms. The molecule has 5 nitrogen and oxygen atoms in total. The van der Waals surface area contributed by atoms with Gasteiger partial charge in [0.15, 0.2) is 0 Å². The van der Waals surface area contributed by atoms with E-state index in [1.54, 1.807) is 4.57 Å². The summed E-state index contributed by atoms with van der Waals surface area (Å²) in [6.07, 6.45) is 1.49. The lowest BCUT2D eigenvalue weighted by molar-refractivity contribution is 0.0698. The van der Waals surface area contributed by atoms with Crippen molar-refractivity contribution in [1.29, 1.82) is 0 Å². The van der Waals surface area contributed by atoms with Crippen molar-refractivity contribution in [2.45, 2.75) is 19.9 Å². The molecule has 0 aromatic carbocycles. The first-order valence-corrected chi connectivity index (χ1v) is 5.64. The van der Waals surface area contributed by atoms with E-state index < -0.39 is 5.97 Å². The molecule has 0 amide bonds. The van der Waals surface area contributed by atoms with Crippen molar-refractivity contribution in [3.63, 3.8) is 0 Å². The summed E-state index contributed by atoms with van der Waals surface area (Å²) in [5.74, 6) is -1.07. The van der Waals surface area contributed by atoms with Crippen LogP contribution in [0.5, 0.6) is 0 Å². The first-order valence-electron chi connectivity index (χ1n) is 4.88. The molecular formula is C10H9Cl2N3O2. The summed E-state index contributed by atoms with van der Waals surface area (Å²) in [6.45, 7) is 3.82. The number of hydrogen-bond acceptors (Lipinski definition) is 3. The predicted molar refractivity (Wildman–Crippen MR) is 64.9 cm³/mol.